The summed E-state index contributed by atoms with van der Waals surface area (Å²) >= 11 is 0. The zero-order chi connectivity index (χ0) is 12.1. The summed E-state index contributed by atoms with van der Waals surface area (Å²) in [6.45, 7) is 2.09. The minimum absolute atomic E-state index is 0.191. The van der Waals surface area contributed by atoms with Crippen LogP contribution in [0.4, 0.5) is 0 Å². The Kier molecular flexibility index (Phi) is 4.40. The Bertz CT molecular complexity index is 255. The Labute approximate surface area is 103 Å². The molecule has 0 aromatic heterocycles. The predicted molar refractivity (Wildman–Crippen MR) is 64.5 cm³/mol. The summed E-state index contributed by atoms with van der Waals surface area (Å²) < 4.78 is 10.7. The van der Waals surface area contributed by atoms with Crippen LogP contribution in [0.2, 0.25) is 0 Å². The van der Waals surface area contributed by atoms with Crippen LogP contribution in [0.1, 0.15) is 44.9 Å². The van der Waals surface area contributed by atoms with Crippen LogP contribution in [-0.4, -0.2) is 31.3 Å². The van der Waals surface area contributed by atoms with E-state index in [0.29, 0.717) is 12.5 Å². The van der Waals surface area contributed by atoms with E-state index in [2.05, 4.69) is 0 Å². The van der Waals surface area contributed by atoms with Crippen molar-refractivity contribution in [2.45, 2.75) is 50.5 Å². The van der Waals surface area contributed by atoms with E-state index in [0.717, 1.165) is 51.7 Å². The van der Waals surface area contributed by atoms with Gasteiger partial charge in [0.2, 0.25) is 0 Å². The third-order valence-electron chi connectivity index (χ3n) is 3.94. The second-order valence-corrected chi connectivity index (χ2v) is 5.37. The number of carbonyl (C=O) groups excluding carboxylic acids is 1. The smallest absolute Gasteiger partial charge is 0.326 e. The van der Waals surface area contributed by atoms with Gasteiger partial charge in [-0.3, -0.25) is 4.79 Å². The van der Waals surface area contributed by atoms with Crippen LogP contribution in [0.25, 0.3) is 0 Å². The lowest BCUT2D eigenvalue weighted by molar-refractivity contribution is -0.153. The average Bonchev–Trinajstić information content (AvgIpc) is 2.38. The van der Waals surface area contributed by atoms with E-state index in [1.54, 1.807) is 0 Å². The molecule has 0 spiro atoms. The molecule has 1 saturated heterocycles. The van der Waals surface area contributed by atoms with Crippen molar-refractivity contribution in [2.75, 3.05) is 19.8 Å². The summed E-state index contributed by atoms with van der Waals surface area (Å²) in [4.78, 5) is 12.0. The van der Waals surface area contributed by atoms with Crippen LogP contribution >= 0.6 is 0 Å². The first kappa shape index (κ1) is 12.8. The first-order chi connectivity index (χ1) is 8.21. The van der Waals surface area contributed by atoms with Gasteiger partial charge in [0.1, 0.15) is 5.54 Å². The second-order valence-electron chi connectivity index (χ2n) is 5.37. The van der Waals surface area contributed by atoms with Crippen molar-refractivity contribution >= 4 is 5.97 Å². The highest BCUT2D eigenvalue weighted by Crippen LogP contribution is 2.27. The van der Waals surface area contributed by atoms with E-state index in [1.807, 2.05) is 0 Å². The van der Waals surface area contributed by atoms with Gasteiger partial charge in [0, 0.05) is 13.2 Å². The Morgan fingerprint density at radius 2 is 1.88 bits per heavy atom. The fraction of sp³-hybridized carbons (Fsp3) is 0.923. The van der Waals surface area contributed by atoms with Crippen LogP contribution < -0.4 is 5.73 Å². The van der Waals surface area contributed by atoms with Crippen LogP contribution in [-0.2, 0) is 14.3 Å². The first-order valence-corrected chi connectivity index (χ1v) is 6.74. The molecule has 2 fully saturated rings. The van der Waals surface area contributed by atoms with E-state index in [9.17, 15) is 4.79 Å². The molecule has 1 aliphatic heterocycles. The van der Waals surface area contributed by atoms with Crippen molar-refractivity contribution in [1.82, 2.24) is 0 Å². The van der Waals surface area contributed by atoms with E-state index in [4.69, 9.17) is 15.2 Å². The number of carbonyl (C=O) groups is 1. The molecule has 1 saturated carbocycles. The Hall–Kier alpha value is -0.610. The molecule has 0 aromatic rings. The fourth-order valence-corrected chi connectivity index (χ4v) is 2.64. The van der Waals surface area contributed by atoms with Crippen LogP contribution in [0.5, 0.6) is 0 Å². The van der Waals surface area contributed by atoms with Crippen molar-refractivity contribution in [3.63, 3.8) is 0 Å². The number of hydrogen-bond acceptors (Lipinski definition) is 4. The molecule has 2 rings (SSSR count). The minimum atomic E-state index is -0.705. The van der Waals surface area contributed by atoms with E-state index < -0.39 is 5.54 Å². The maximum absolute atomic E-state index is 12.0. The molecule has 1 aliphatic carbocycles. The zero-order valence-electron chi connectivity index (χ0n) is 10.5. The topological polar surface area (TPSA) is 61.6 Å². The van der Waals surface area contributed by atoms with Crippen LogP contribution in [0.15, 0.2) is 0 Å². The summed E-state index contributed by atoms with van der Waals surface area (Å²) in [5.74, 6) is 0.267. The molecule has 98 valence electrons. The Morgan fingerprint density at radius 1 is 1.24 bits per heavy atom. The van der Waals surface area contributed by atoms with Crippen molar-refractivity contribution < 1.29 is 14.3 Å². The van der Waals surface area contributed by atoms with Gasteiger partial charge in [-0.05, 0) is 31.6 Å². The monoisotopic (exact) mass is 241 g/mol. The molecule has 0 amide bonds. The molecular formula is C13H23NO3. The molecule has 4 nitrogen and oxygen atoms in total. The molecule has 0 aromatic carbocycles. The normalized spacial score (nSPS) is 25.5. The van der Waals surface area contributed by atoms with Gasteiger partial charge < -0.3 is 15.2 Å². The highest BCUT2D eigenvalue weighted by Gasteiger charge is 2.37. The van der Waals surface area contributed by atoms with Gasteiger partial charge in [-0.2, -0.15) is 0 Å². The maximum Gasteiger partial charge on any atom is 0.326 e. The number of esters is 1. The second kappa shape index (κ2) is 5.83. The molecule has 0 unspecified atom stereocenters. The quantitative estimate of drug-likeness (QED) is 0.763. The summed E-state index contributed by atoms with van der Waals surface area (Å²) in [5, 5.41) is 0. The number of rotatable bonds is 3. The van der Waals surface area contributed by atoms with Gasteiger partial charge in [-0.15, -0.1) is 0 Å². The average molecular weight is 241 g/mol. The molecule has 2 N–H and O–H groups in total. The Morgan fingerprint density at radius 3 is 2.53 bits per heavy atom. The van der Waals surface area contributed by atoms with E-state index in [1.165, 1.54) is 6.42 Å². The summed E-state index contributed by atoms with van der Waals surface area (Å²) in [5.41, 5.74) is 5.41. The molecule has 17 heavy (non-hydrogen) atoms. The number of ether oxygens (including phenoxy) is 2. The minimum Gasteiger partial charge on any atom is -0.464 e. The Balaban J connectivity index is 1.75. The number of hydrogen-bond donors (Lipinski definition) is 1. The molecule has 0 atom stereocenters. The van der Waals surface area contributed by atoms with E-state index >= 15 is 0 Å². The number of nitrogens with two attached hydrogens (primary N) is 1. The van der Waals surface area contributed by atoms with Crippen molar-refractivity contribution in [2.24, 2.45) is 11.7 Å². The van der Waals surface area contributed by atoms with Gasteiger partial charge in [-0.25, -0.2) is 0 Å². The van der Waals surface area contributed by atoms with Crippen molar-refractivity contribution in [1.29, 1.82) is 0 Å². The summed E-state index contributed by atoms with van der Waals surface area (Å²) in [6.07, 6.45) is 6.81. The molecule has 0 bridgehead atoms. The molecule has 0 radical (unpaired) electrons. The lowest BCUT2D eigenvalue weighted by Gasteiger charge is -2.31. The largest absolute Gasteiger partial charge is 0.464 e. The van der Waals surface area contributed by atoms with Gasteiger partial charge in [-0.1, -0.05) is 19.3 Å². The summed E-state index contributed by atoms with van der Waals surface area (Å²) in [6, 6.07) is 0. The van der Waals surface area contributed by atoms with Crippen LogP contribution in [0, 0.1) is 5.92 Å². The molecule has 1 heterocycles. The SMILES string of the molecule is NC1(C(=O)OCC2CCOCC2)CCCCC1. The lowest BCUT2D eigenvalue weighted by atomic mass is 9.83. The van der Waals surface area contributed by atoms with Gasteiger partial charge >= 0.3 is 5.97 Å². The molecular weight excluding hydrogens is 218 g/mol. The van der Waals surface area contributed by atoms with Gasteiger partial charge in [0.15, 0.2) is 0 Å². The van der Waals surface area contributed by atoms with Crippen molar-refractivity contribution in [3.05, 3.63) is 0 Å². The maximum atomic E-state index is 12.0. The highest BCUT2D eigenvalue weighted by atomic mass is 16.5. The van der Waals surface area contributed by atoms with Gasteiger partial charge in [0.05, 0.1) is 6.61 Å². The lowest BCUT2D eigenvalue weighted by Crippen LogP contribution is -2.50. The molecule has 4 heteroatoms. The van der Waals surface area contributed by atoms with Crippen LogP contribution in [0.3, 0.4) is 0 Å². The summed E-state index contributed by atoms with van der Waals surface area (Å²) in [7, 11) is 0. The standard InChI is InChI=1S/C13H23NO3/c14-13(6-2-1-3-7-13)12(15)17-10-11-4-8-16-9-5-11/h11H,1-10,14H2. The zero-order valence-corrected chi connectivity index (χ0v) is 10.5. The van der Waals surface area contributed by atoms with Crippen molar-refractivity contribution in [3.8, 4) is 0 Å². The molecule has 2 aliphatic rings. The highest BCUT2D eigenvalue weighted by molar-refractivity contribution is 5.80. The predicted octanol–water partition coefficient (Wildman–Crippen LogP) is 1.62. The van der Waals surface area contributed by atoms with Gasteiger partial charge in [0.25, 0.3) is 0 Å². The third-order valence-corrected chi connectivity index (χ3v) is 3.94. The third kappa shape index (κ3) is 3.42. The fourth-order valence-electron chi connectivity index (χ4n) is 2.64. The van der Waals surface area contributed by atoms with E-state index in [-0.39, 0.29) is 5.97 Å². The first-order valence-electron chi connectivity index (χ1n) is 6.74.